The van der Waals surface area contributed by atoms with Crippen LogP contribution in [0.1, 0.15) is 27.8 Å². The van der Waals surface area contributed by atoms with Crippen LogP contribution < -0.4 is 15.2 Å². The third-order valence-corrected chi connectivity index (χ3v) is 4.80. The summed E-state index contributed by atoms with van der Waals surface area (Å²) in [6, 6.07) is 10.8. The number of aliphatic hydroxyl groups excluding tert-OH is 1. The van der Waals surface area contributed by atoms with E-state index in [2.05, 4.69) is 0 Å². The van der Waals surface area contributed by atoms with E-state index in [0.717, 1.165) is 5.56 Å². The molecule has 0 saturated carbocycles. The molecule has 0 spiro atoms. The van der Waals surface area contributed by atoms with Crippen molar-refractivity contribution in [1.29, 1.82) is 0 Å². The first kappa shape index (κ1) is 17.6. The number of rotatable bonds is 6. The predicted octanol–water partition coefficient (Wildman–Crippen LogP) is 0.472. The van der Waals surface area contributed by atoms with Gasteiger partial charge in [0.25, 0.3) is 5.91 Å². The second kappa shape index (κ2) is 7.05. The minimum atomic E-state index is -0.824. The number of pyridine rings is 1. The van der Waals surface area contributed by atoms with Gasteiger partial charge in [0.2, 0.25) is 5.43 Å². The Kier molecular flexibility index (Phi) is 4.59. The Morgan fingerprint density at radius 1 is 1.22 bits per heavy atom. The maximum absolute atomic E-state index is 13.1. The number of aliphatic hydroxyl groups is 1. The summed E-state index contributed by atoms with van der Waals surface area (Å²) in [5.41, 5.74) is 1.06. The summed E-state index contributed by atoms with van der Waals surface area (Å²) in [6.07, 6.45) is -0.824. The van der Waals surface area contributed by atoms with Gasteiger partial charge in [0.15, 0.2) is 11.4 Å². The van der Waals surface area contributed by atoms with E-state index >= 15 is 0 Å². The summed E-state index contributed by atoms with van der Waals surface area (Å²) < 4.78 is 12.5. The topological polar surface area (TPSA) is 84.2 Å². The summed E-state index contributed by atoms with van der Waals surface area (Å²) in [7, 11) is 1.57. The maximum atomic E-state index is 13.1. The highest BCUT2D eigenvalue weighted by atomic mass is 16.5. The molecule has 2 aliphatic heterocycles. The fourth-order valence-corrected chi connectivity index (χ4v) is 3.48. The zero-order chi connectivity index (χ0) is 19.0. The molecule has 0 radical (unpaired) electrons. The zero-order valence-corrected chi connectivity index (χ0v) is 15.0. The molecule has 0 bridgehead atoms. The van der Waals surface area contributed by atoms with Crippen LogP contribution in [0.25, 0.3) is 0 Å². The molecule has 3 heterocycles. The van der Waals surface area contributed by atoms with Crippen molar-refractivity contribution < 1.29 is 19.4 Å². The normalized spacial score (nSPS) is 18.0. The minimum Gasteiger partial charge on any atom is -0.482 e. The minimum absolute atomic E-state index is 0.00817. The second-order valence-electron chi connectivity index (χ2n) is 6.60. The Bertz CT molecular complexity index is 912. The van der Waals surface area contributed by atoms with Crippen molar-refractivity contribution >= 4 is 5.91 Å². The van der Waals surface area contributed by atoms with Crippen LogP contribution in [-0.4, -0.2) is 54.1 Å². The van der Waals surface area contributed by atoms with E-state index in [1.165, 1.54) is 6.07 Å². The van der Waals surface area contributed by atoms with Crippen LogP contribution >= 0.6 is 0 Å². The van der Waals surface area contributed by atoms with Gasteiger partial charge in [0.1, 0.15) is 19.4 Å². The Balaban J connectivity index is 1.74. The molecule has 1 aromatic carbocycles. The summed E-state index contributed by atoms with van der Waals surface area (Å²) in [6.45, 7) is 1.58. The monoisotopic (exact) mass is 371 g/mol. The van der Waals surface area contributed by atoms with Gasteiger partial charge in [-0.25, -0.2) is 4.68 Å². The quantitative estimate of drug-likeness (QED) is 0.795. The van der Waals surface area contributed by atoms with Crippen LogP contribution in [-0.2, 0) is 11.3 Å². The lowest BCUT2D eigenvalue weighted by atomic mass is 10.2. The van der Waals surface area contributed by atoms with Crippen LogP contribution in [0.3, 0.4) is 0 Å². The lowest BCUT2D eigenvalue weighted by molar-refractivity contribution is 0.0624. The van der Waals surface area contributed by atoms with Crippen molar-refractivity contribution in [2.24, 2.45) is 0 Å². The van der Waals surface area contributed by atoms with Gasteiger partial charge in [0, 0.05) is 19.7 Å². The zero-order valence-electron chi connectivity index (χ0n) is 15.0. The first-order chi connectivity index (χ1) is 13.1. The van der Waals surface area contributed by atoms with Crippen LogP contribution in [0, 0.1) is 0 Å². The van der Waals surface area contributed by atoms with E-state index in [0.29, 0.717) is 32.1 Å². The van der Waals surface area contributed by atoms with Crippen molar-refractivity contribution in [3.8, 4) is 5.75 Å². The van der Waals surface area contributed by atoms with E-state index < -0.39 is 11.5 Å². The molecule has 0 fully saturated rings. The van der Waals surface area contributed by atoms with E-state index in [4.69, 9.17) is 9.47 Å². The highest BCUT2D eigenvalue weighted by Gasteiger charge is 2.40. The Morgan fingerprint density at radius 2 is 2.00 bits per heavy atom. The Hall–Kier alpha value is -2.84. The SMILES string of the molecule is COCCN1CN2CC(O)c3cc(=O)c(OCc4ccccc4)c(n32)C1=O. The van der Waals surface area contributed by atoms with E-state index in [9.17, 15) is 14.7 Å². The van der Waals surface area contributed by atoms with E-state index in [-0.39, 0.29) is 24.0 Å². The van der Waals surface area contributed by atoms with Crippen molar-refractivity contribution in [2.45, 2.75) is 12.7 Å². The van der Waals surface area contributed by atoms with Gasteiger partial charge in [0.05, 0.1) is 18.8 Å². The van der Waals surface area contributed by atoms with Gasteiger partial charge < -0.3 is 19.5 Å². The standard InChI is InChI=1S/C19H21N3O5/c1-26-8-7-20-12-21-10-16(24)14-9-15(23)18(17(19(20)25)22(14)21)27-11-13-5-3-2-4-6-13/h2-6,9,16,24H,7-8,10-12H2,1H3. The van der Waals surface area contributed by atoms with Gasteiger partial charge in [-0.05, 0) is 5.56 Å². The van der Waals surface area contributed by atoms with Gasteiger partial charge in [-0.3, -0.25) is 14.6 Å². The molecule has 8 heteroatoms. The molecule has 27 heavy (non-hydrogen) atoms. The second-order valence-corrected chi connectivity index (χ2v) is 6.60. The maximum Gasteiger partial charge on any atom is 0.277 e. The Morgan fingerprint density at radius 3 is 2.74 bits per heavy atom. The molecule has 1 amide bonds. The first-order valence-corrected chi connectivity index (χ1v) is 8.78. The summed E-state index contributed by atoms with van der Waals surface area (Å²) in [4.78, 5) is 27.3. The fraction of sp³-hybridized carbons (Fsp3) is 0.368. The molecule has 1 aromatic heterocycles. The molecule has 2 aromatic rings. The smallest absolute Gasteiger partial charge is 0.277 e. The number of aromatic nitrogens is 1. The summed E-state index contributed by atoms with van der Waals surface area (Å²) in [5, 5.41) is 12.1. The molecule has 0 aliphatic carbocycles. The van der Waals surface area contributed by atoms with Crippen molar-refractivity contribution in [3.63, 3.8) is 0 Å². The first-order valence-electron chi connectivity index (χ1n) is 8.78. The van der Waals surface area contributed by atoms with Crippen LogP contribution in [0.5, 0.6) is 5.75 Å². The number of carbonyl (C=O) groups excluding carboxylic acids is 1. The third-order valence-electron chi connectivity index (χ3n) is 4.80. The molecule has 4 rings (SSSR count). The lowest BCUT2D eigenvalue weighted by Crippen LogP contribution is -2.53. The number of carbonyl (C=O) groups is 1. The third kappa shape index (κ3) is 3.07. The highest BCUT2D eigenvalue weighted by Crippen LogP contribution is 2.31. The van der Waals surface area contributed by atoms with Gasteiger partial charge in [-0.1, -0.05) is 30.3 Å². The van der Waals surface area contributed by atoms with Crippen LogP contribution in [0.4, 0.5) is 0 Å². The molecule has 142 valence electrons. The molecular weight excluding hydrogens is 350 g/mol. The highest BCUT2D eigenvalue weighted by molar-refractivity contribution is 5.96. The van der Waals surface area contributed by atoms with Gasteiger partial charge in [-0.15, -0.1) is 0 Å². The number of nitrogens with zero attached hydrogens (tertiary/aromatic N) is 3. The lowest BCUT2D eigenvalue weighted by Gasteiger charge is -2.37. The molecule has 1 atom stereocenters. The average molecular weight is 371 g/mol. The van der Waals surface area contributed by atoms with Crippen LogP contribution in [0.15, 0.2) is 41.2 Å². The van der Waals surface area contributed by atoms with Crippen molar-refractivity contribution in [3.05, 3.63) is 63.6 Å². The number of hydrogen-bond acceptors (Lipinski definition) is 6. The van der Waals surface area contributed by atoms with Crippen molar-refractivity contribution in [2.75, 3.05) is 38.5 Å². The molecular formula is C19H21N3O5. The molecule has 0 saturated heterocycles. The van der Waals surface area contributed by atoms with Crippen molar-refractivity contribution in [1.82, 2.24) is 9.58 Å². The molecule has 1 unspecified atom stereocenters. The number of methoxy groups -OCH3 is 1. The number of amides is 1. The average Bonchev–Trinajstić information content (AvgIpc) is 2.98. The molecule has 1 N–H and O–H groups in total. The number of hydrogen-bond donors (Lipinski definition) is 1. The van der Waals surface area contributed by atoms with Crippen LogP contribution in [0.2, 0.25) is 0 Å². The predicted molar refractivity (Wildman–Crippen MR) is 97.3 cm³/mol. The summed E-state index contributed by atoms with van der Waals surface area (Å²) in [5.74, 6) is -0.298. The van der Waals surface area contributed by atoms with Gasteiger partial charge in [-0.2, -0.15) is 0 Å². The van der Waals surface area contributed by atoms with Gasteiger partial charge >= 0.3 is 0 Å². The van der Waals surface area contributed by atoms with E-state index in [1.54, 1.807) is 16.7 Å². The van der Waals surface area contributed by atoms with E-state index in [1.807, 2.05) is 35.3 Å². The fourth-order valence-electron chi connectivity index (χ4n) is 3.48. The summed E-state index contributed by atoms with van der Waals surface area (Å²) >= 11 is 0. The Labute approximate surface area is 156 Å². The molecule has 2 aliphatic rings. The molecule has 8 nitrogen and oxygen atoms in total. The number of ether oxygens (including phenoxy) is 2. The largest absolute Gasteiger partial charge is 0.482 e. The number of benzene rings is 1.